The Kier molecular flexibility index (Phi) is 4.65. The Morgan fingerprint density at radius 3 is 2.81 bits per heavy atom. The van der Waals surface area contributed by atoms with Crippen molar-refractivity contribution in [2.24, 2.45) is 5.92 Å². The molecule has 0 bridgehead atoms. The van der Waals surface area contributed by atoms with E-state index in [1.165, 1.54) is 6.07 Å². The Morgan fingerprint density at radius 2 is 2.04 bits per heavy atom. The molecule has 0 radical (unpaired) electrons. The van der Waals surface area contributed by atoms with Crippen molar-refractivity contribution in [3.8, 4) is 0 Å². The molecule has 2 aliphatic heterocycles. The van der Waals surface area contributed by atoms with Gasteiger partial charge >= 0.3 is 0 Å². The normalized spacial score (nSPS) is 29.0. The van der Waals surface area contributed by atoms with Crippen LogP contribution in [0.2, 0.25) is 0 Å². The van der Waals surface area contributed by atoms with E-state index in [-0.39, 0.29) is 29.7 Å². The second kappa shape index (κ2) is 6.95. The van der Waals surface area contributed by atoms with Crippen LogP contribution in [0, 0.1) is 17.6 Å². The van der Waals surface area contributed by atoms with Crippen LogP contribution in [0.15, 0.2) is 18.2 Å². The van der Waals surface area contributed by atoms with E-state index < -0.39 is 11.6 Å². The smallest absolute Gasteiger partial charge is 0.236 e. The number of halogens is 2. The van der Waals surface area contributed by atoms with Gasteiger partial charge in [0.2, 0.25) is 11.8 Å². The van der Waals surface area contributed by atoms with E-state index in [9.17, 15) is 18.4 Å². The lowest BCUT2D eigenvalue weighted by Gasteiger charge is -2.41. The summed E-state index contributed by atoms with van der Waals surface area (Å²) >= 11 is 0. The predicted octanol–water partition coefficient (Wildman–Crippen LogP) is 1.49. The summed E-state index contributed by atoms with van der Waals surface area (Å²) in [6.45, 7) is 3.12. The fourth-order valence-corrected chi connectivity index (χ4v) is 4.23. The van der Waals surface area contributed by atoms with Gasteiger partial charge in [0, 0.05) is 38.1 Å². The SMILES string of the molecule is O=C(C1CC1c1ccc(F)c(F)c1)N1CCCC(N2CCNCC2=O)C1. The number of hydrogen-bond acceptors (Lipinski definition) is 3. The van der Waals surface area contributed by atoms with E-state index in [0.29, 0.717) is 38.2 Å². The summed E-state index contributed by atoms with van der Waals surface area (Å²) in [7, 11) is 0. The minimum atomic E-state index is -0.865. The van der Waals surface area contributed by atoms with Crippen LogP contribution in [0.5, 0.6) is 0 Å². The lowest BCUT2D eigenvalue weighted by Crippen LogP contribution is -2.57. The van der Waals surface area contributed by atoms with Gasteiger partial charge in [-0.3, -0.25) is 9.59 Å². The standard InChI is InChI=1S/C19H23F2N3O2/c20-16-4-3-12(8-17(16)21)14-9-15(14)19(26)23-6-1-2-13(11-23)24-7-5-22-10-18(24)25/h3-4,8,13-15,22H,1-2,5-7,9-11H2. The average Bonchev–Trinajstić information content (AvgIpc) is 3.45. The fourth-order valence-electron chi connectivity index (χ4n) is 4.23. The number of carbonyl (C=O) groups is 2. The molecule has 2 saturated heterocycles. The van der Waals surface area contributed by atoms with Gasteiger partial charge in [-0.05, 0) is 42.9 Å². The van der Waals surface area contributed by atoms with Crippen molar-refractivity contribution in [2.75, 3.05) is 32.7 Å². The van der Waals surface area contributed by atoms with Crippen LogP contribution < -0.4 is 5.32 Å². The molecule has 3 atom stereocenters. The number of likely N-dealkylation sites (tertiary alicyclic amines) is 1. The van der Waals surface area contributed by atoms with E-state index in [0.717, 1.165) is 25.5 Å². The van der Waals surface area contributed by atoms with Crippen LogP contribution >= 0.6 is 0 Å². The largest absolute Gasteiger partial charge is 0.340 e. The van der Waals surface area contributed by atoms with Crippen molar-refractivity contribution in [1.82, 2.24) is 15.1 Å². The number of nitrogens with one attached hydrogen (secondary N) is 1. The number of rotatable bonds is 3. The van der Waals surface area contributed by atoms with Crippen molar-refractivity contribution in [2.45, 2.75) is 31.2 Å². The van der Waals surface area contributed by atoms with Crippen molar-refractivity contribution in [3.05, 3.63) is 35.4 Å². The molecule has 4 rings (SSSR count). The van der Waals surface area contributed by atoms with Gasteiger partial charge in [-0.2, -0.15) is 0 Å². The molecule has 1 aromatic carbocycles. The van der Waals surface area contributed by atoms with Gasteiger partial charge in [0.25, 0.3) is 0 Å². The van der Waals surface area contributed by atoms with Gasteiger partial charge in [-0.15, -0.1) is 0 Å². The highest BCUT2D eigenvalue weighted by Gasteiger charge is 2.47. The Balaban J connectivity index is 1.39. The zero-order valence-corrected chi connectivity index (χ0v) is 14.6. The van der Waals surface area contributed by atoms with E-state index in [1.807, 2.05) is 9.80 Å². The summed E-state index contributed by atoms with van der Waals surface area (Å²) in [6.07, 6.45) is 2.49. The summed E-state index contributed by atoms with van der Waals surface area (Å²) in [5.74, 6) is -1.74. The third-order valence-electron chi connectivity index (χ3n) is 5.75. The first-order valence-electron chi connectivity index (χ1n) is 9.28. The number of piperazine rings is 1. The van der Waals surface area contributed by atoms with Gasteiger partial charge in [-0.25, -0.2) is 8.78 Å². The van der Waals surface area contributed by atoms with Crippen molar-refractivity contribution in [3.63, 3.8) is 0 Å². The molecule has 26 heavy (non-hydrogen) atoms. The van der Waals surface area contributed by atoms with E-state index >= 15 is 0 Å². The number of piperidine rings is 1. The van der Waals surface area contributed by atoms with Crippen LogP contribution in [0.1, 0.15) is 30.7 Å². The zero-order chi connectivity index (χ0) is 18.3. The van der Waals surface area contributed by atoms with E-state index in [1.54, 1.807) is 6.07 Å². The van der Waals surface area contributed by atoms with Crippen LogP contribution in [0.25, 0.3) is 0 Å². The van der Waals surface area contributed by atoms with Crippen LogP contribution in [0.4, 0.5) is 8.78 Å². The van der Waals surface area contributed by atoms with Gasteiger partial charge < -0.3 is 15.1 Å². The van der Waals surface area contributed by atoms with Gasteiger partial charge in [-0.1, -0.05) is 6.07 Å². The molecule has 0 spiro atoms. The molecular formula is C19H23F2N3O2. The Bertz CT molecular complexity index is 727. The van der Waals surface area contributed by atoms with Crippen LogP contribution in [-0.4, -0.2) is 60.4 Å². The molecule has 0 aromatic heterocycles. The Morgan fingerprint density at radius 1 is 1.19 bits per heavy atom. The quantitative estimate of drug-likeness (QED) is 0.885. The van der Waals surface area contributed by atoms with Crippen molar-refractivity contribution in [1.29, 1.82) is 0 Å². The molecule has 7 heteroatoms. The number of amides is 2. The molecule has 2 heterocycles. The van der Waals surface area contributed by atoms with Gasteiger partial charge in [0.1, 0.15) is 0 Å². The lowest BCUT2D eigenvalue weighted by molar-refractivity contribution is -0.141. The fraction of sp³-hybridized carbons (Fsp3) is 0.579. The summed E-state index contributed by atoms with van der Waals surface area (Å²) < 4.78 is 26.5. The molecular weight excluding hydrogens is 340 g/mol. The summed E-state index contributed by atoms with van der Waals surface area (Å²) in [5, 5.41) is 3.07. The Labute approximate surface area is 151 Å². The highest BCUT2D eigenvalue weighted by atomic mass is 19.2. The minimum absolute atomic E-state index is 0.0289. The molecule has 140 valence electrons. The van der Waals surface area contributed by atoms with Crippen LogP contribution in [0.3, 0.4) is 0 Å². The molecule has 5 nitrogen and oxygen atoms in total. The first kappa shape index (κ1) is 17.4. The van der Waals surface area contributed by atoms with Gasteiger partial charge in [0.15, 0.2) is 11.6 Å². The van der Waals surface area contributed by atoms with E-state index in [4.69, 9.17) is 0 Å². The minimum Gasteiger partial charge on any atom is -0.340 e. The Hall–Kier alpha value is -2.02. The molecule has 1 aromatic rings. The second-order valence-electron chi connectivity index (χ2n) is 7.47. The second-order valence-corrected chi connectivity index (χ2v) is 7.47. The third-order valence-corrected chi connectivity index (χ3v) is 5.75. The first-order valence-corrected chi connectivity index (χ1v) is 9.28. The number of hydrogen-bond donors (Lipinski definition) is 1. The highest BCUT2D eigenvalue weighted by molar-refractivity contribution is 5.83. The number of benzene rings is 1. The monoisotopic (exact) mass is 363 g/mol. The third kappa shape index (κ3) is 3.32. The van der Waals surface area contributed by atoms with E-state index in [2.05, 4.69) is 5.32 Å². The summed E-state index contributed by atoms with van der Waals surface area (Å²) in [4.78, 5) is 28.7. The topological polar surface area (TPSA) is 52.7 Å². The summed E-state index contributed by atoms with van der Waals surface area (Å²) in [6, 6.07) is 3.97. The maximum Gasteiger partial charge on any atom is 0.236 e. The number of carbonyl (C=O) groups excluding carboxylic acids is 2. The predicted molar refractivity (Wildman–Crippen MR) is 91.4 cm³/mol. The lowest BCUT2D eigenvalue weighted by atomic mass is 10.0. The molecule has 3 aliphatic rings. The molecule has 2 amide bonds. The molecule has 1 aliphatic carbocycles. The molecule has 1 saturated carbocycles. The highest BCUT2D eigenvalue weighted by Crippen LogP contribution is 2.49. The van der Waals surface area contributed by atoms with Crippen molar-refractivity contribution < 1.29 is 18.4 Å². The maximum atomic E-state index is 13.4. The number of nitrogens with zero attached hydrogens (tertiary/aromatic N) is 2. The maximum absolute atomic E-state index is 13.4. The average molecular weight is 363 g/mol. The molecule has 3 unspecified atom stereocenters. The van der Waals surface area contributed by atoms with Gasteiger partial charge in [0.05, 0.1) is 6.54 Å². The van der Waals surface area contributed by atoms with Crippen LogP contribution in [-0.2, 0) is 9.59 Å². The molecule has 1 N–H and O–H groups in total. The zero-order valence-electron chi connectivity index (χ0n) is 14.6. The first-order chi connectivity index (χ1) is 12.5. The summed E-state index contributed by atoms with van der Waals surface area (Å²) in [5.41, 5.74) is 0.688. The molecule has 3 fully saturated rings. The van der Waals surface area contributed by atoms with Crippen molar-refractivity contribution >= 4 is 11.8 Å².